The minimum absolute atomic E-state index is 0.160. The third-order valence-electron chi connectivity index (χ3n) is 4.49. The Morgan fingerprint density at radius 3 is 2.35 bits per heavy atom. The van der Waals surface area contributed by atoms with E-state index >= 15 is 0 Å². The summed E-state index contributed by atoms with van der Waals surface area (Å²) in [6.45, 7) is 0. The molecular formula is C21H24N4O5S. The van der Waals surface area contributed by atoms with Crippen molar-refractivity contribution in [3.63, 3.8) is 0 Å². The van der Waals surface area contributed by atoms with Crippen molar-refractivity contribution in [2.24, 2.45) is 7.05 Å². The van der Waals surface area contributed by atoms with E-state index in [4.69, 9.17) is 18.9 Å². The van der Waals surface area contributed by atoms with Crippen molar-refractivity contribution in [3.8, 4) is 34.4 Å². The third-order valence-corrected chi connectivity index (χ3v) is 5.51. The average Bonchev–Trinajstić information content (AvgIpc) is 3.17. The summed E-state index contributed by atoms with van der Waals surface area (Å²) in [5, 5.41) is 11.9. The zero-order valence-corrected chi connectivity index (χ0v) is 18.8. The van der Waals surface area contributed by atoms with Gasteiger partial charge >= 0.3 is 0 Å². The number of carbonyl (C=O) groups excluding carboxylic acids is 1. The van der Waals surface area contributed by atoms with E-state index in [0.29, 0.717) is 39.7 Å². The molecule has 0 unspecified atom stereocenters. The minimum atomic E-state index is -0.191. The second-order valence-corrected chi connectivity index (χ2v) is 7.28. The summed E-state index contributed by atoms with van der Waals surface area (Å²) < 4.78 is 22.9. The lowest BCUT2D eigenvalue weighted by molar-refractivity contribution is -0.113. The van der Waals surface area contributed by atoms with E-state index in [9.17, 15) is 4.79 Å². The molecule has 3 rings (SSSR count). The van der Waals surface area contributed by atoms with Crippen LogP contribution in [0.1, 0.15) is 0 Å². The highest BCUT2D eigenvalue weighted by Gasteiger charge is 2.16. The normalized spacial score (nSPS) is 10.5. The Morgan fingerprint density at radius 1 is 0.935 bits per heavy atom. The molecule has 2 aromatic carbocycles. The lowest BCUT2D eigenvalue weighted by atomic mass is 10.2. The van der Waals surface area contributed by atoms with Gasteiger partial charge in [-0.25, -0.2) is 0 Å². The fraction of sp³-hybridized carbons (Fsp3) is 0.286. The lowest BCUT2D eigenvalue weighted by Gasteiger charge is -2.11. The van der Waals surface area contributed by atoms with Gasteiger partial charge in [-0.15, -0.1) is 10.2 Å². The number of nitrogens with zero attached hydrogens (tertiary/aromatic N) is 3. The molecule has 1 aromatic heterocycles. The summed E-state index contributed by atoms with van der Waals surface area (Å²) in [4.78, 5) is 12.4. The number of benzene rings is 2. The zero-order chi connectivity index (χ0) is 22.4. The molecule has 0 bridgehead atoms. The molecule has 0 aliphatic rings. The van der Waals surface area contributed by atoms with Gasteiger partial charge < -0.3 is 28.8 Å². The SMILES string of the molecule is COc1ccc(NC(=O)CSc2nnc(-c3ccc(OC)c(OC)c3)n2C)c(OC)c1. The van der Waals surface area contributed by atoms with Crippen LogP contribution in [0, 0.1) is 0 Å². The van der Waals surface area contributed by atoms with Crippen LogP contribution in [0.5, 0.6) is 23.0 Å². The number of amides is 1. The van der Waals surface area contributed by atoms with Gasteiger partial charge in [0.2, 0.25) is 5.91 Å². The highest BCUT2D eigenvalue weighted by Crippen LogP contribution is 2.33. The molecule has 0 aliphatic heterocycles. The molecule has 10 heteroatoms. The Hall–Kier alpha value is -3.40. The second kappa shape index (κ2) is 10.1. The number of rotatable bonds is 9. The van der Waals surface area contributed by atoms with Crippen LogP contribution in [0.3, 0.4) is 0 Å². The van der Waals surface area contributed by atoms with Crippen molar-refractivity contribution >= 4 is 23.4 Å². The minimum Gasteiger partial charge on any atom is -0.497 e. The first kappa shape index (κ1) is 22.3. The number of carbonyl (C=O) groups is 1. The number of hydrogen-bond acceptors (Lipinski definition) is 8. The zero-order valence-electron chi connectivity index (χ0n) is 18.0. The summed E-state index contributed by atoms with van der Waals surface area (Å²) in [6.07, 6.45) is 0. The second-order valence-electron chi connectivity index (χ2n) is 6.34. The molecule has 9 nitrogen and oxygen atoms in total. The Morgan fingerprint density at radius 2 is 1.68 bits per heavy atom. The number of aromatic nitrogens is 3. The third kappa shape index (κ3) is 5.02. The van der Waals surface area contributed by atoms with E-state index in [1.165, 1.54) is 18.9 Å². The fourth-order valence-electron chi connectivity index (χ4n) is 2.89. The highest BCUT2D eigenvalue weighted by atomic mass is 32.2. The van der Waals surface area contributed by atoms with Crippen LogP contribution in [0.15, 0.2) is 41.6 Å². The Kier molecular flexibility index (Phi) is 7.24. The van der Waals surface area contributed by atoms with Crippen LogP contribution in [0.4, 0.5) is 5.69 Å². The van der Waals surface area contributed by atoms with Crippen molar-refractivity contribution in [1.82, 2.24) is 14.8 Å². The number of methoxy groups -OCH3 is 4. The molecule has 31 heavy (non-hydrogen) atoms. The summed E-state index contributed by atoms with van der Waals surface area (Å²) in [6, 6.07) is 10.7. The van der Waals surface area contributed by atoms with Gasteiger partial charge in [0.05, 0.1) is 39.9 Å². The summed E-state index contributed by atoms with van der Waals surface area (Å²) in [5.41, 5.74) is 1.39. The molecule has 0 atom stereocenters. The van der Waals surface area contributed by atoms with Gasteiger partial charge in [0.25, 0.3) is 0 Å². The monoisotopic (exact) mass is 444 g/mol. The van der Waals surface area contributed by atoms with Crippen molar-refractivity contribution < 1.29 is 23.7 Å². The maximum atomic E-state index is 12.4. The largest absolute Gasteiger partial charge is 0.497 e. The van der Waals surface area contributed by atoms with Crippen LogP contribution < -0.4 is 24.3 Å². The van der Waals surface area contributed by atoms with E-state index in [1.54, 1.807) is 39.5 Å². The summed E-state index contributed by atoms with van der Waals surface area (Å²) in [5.74, 6) is 3.02. The van der Waals surface area contributed by atoms with Crippen molar-refractivity contribution in [2.75, 3.05) is 39.5 Å². The molecule has 0 saturated carbocycles. The standard InChI is InChI=1S/C21H24N4O5S/c1-25-20(13-6-9-16(28-3)18(10-13)30-5)23-24-21(25)31-12-19(26)22-15-8-7-14(27-2)11-17(15)29-4/h6-11H,12H2,1-5H3,(H,22,26). The van der Waals surface area contributed by atoms with Crippen molar-refractivity contribution in [3.05, 3.63) is 36.4 Å². The quantitative estimate of drug-likeness (QED) is 0.503. The molecule has 3 aromatic rings. The fourth-order valence-corrected chi connectivity index (χ4v) is 3.60. The van der Waals surface area contributed by atoms with Crippen LogP contribution in [-0.2, 0) is 11.8 Å². The van der Waals surface area contributed by atoms with E-state index in [2.05, 4.69) is 15.5 Å². The number of hydrogen-bond donors (Lipinski definition) is 1. The molecule has 0 aliphatic carbocycles. The van der Waals surface area contributed by atoms with Crippen LogP contribution in [0.2, 0.25) is 0 Å². The topological polar surface area (TPSA) is 96.7 Å². The van der Waals surface area contributed by atoms with Crippen LogP contribution >= 0.6 is 11.8 Å². The van der Waals surface area contributed by atoms with Crippen LogP contribution in [-0.4, -0.2) is 54.9 Å². The first-order valence-electron chi connectivity index (χ1n) is 9.27. The van der Waals surface area contributed by atoms with Crippen LogP contribution in [0.25, 0.3) is 11.4 Å². The smallest absolute Gasteiger partial charge is 0.234 e. The Balaban J connectivity index is 1.68. The van der Waals surface area contributed by atoms with Crippen molar-refractivity contribution in [2.45, 2.75) is 5.16 Å². The molecule has 0 spiro atoms. The molecule has 0 fully saturated rings. The van der Waals surface area contributed by atoms with Gasteiger partial charge in [0.1, 0.15) is 11.5 Å². The van der Waals surface area contributed by atoms with Gasteiger partial charge in [0.15, 0.2) is 22.5 Å². The van der Waals surface area contributed by atoms with E-state index in [0.717, 1.165) is 5.56 Å². The highest BCUT2D eigenvalue weighted by molar-refractivity contribution is 7.99. The Bertz CT molecular complexity index is 1070. The number of ether oxygens (including phenoxy) is 4. The van der Waals surface area contributed by atoms with E-state index in [-0.39, 0.29) is 11.7 Å². The summed E-state index contributed by atoms with van der Waals surface area (Å²) >= 11 is 1.28. The molecule has 1 heterocycles. The number of thioether (sulfide) groups is 1. The maximum Gasteiger partial charge on any atom is 0.234 e. The predicted octanol–water partition coefficient (Wildman–Crippen LogP) is 3.25. The van der Waals surface area contributed by atoms with Gasteiger partial charge in [-0.3, -0.25) is 4.79 Å². The lowest BCUT2D eigenvalue weighted by Crippen LogP contribution is -2.15. The van der Waals surface area contributed by atoms with E-state index < -0.39 is 0 Å². The molecular weight excluding hydrogens is 420 g/mol. The molecule has 1 amide bonds. The van der Waals surface area contributed by atoms with Gasteiger partial charge in [0, 0.05) is 18.7 Å². The summed E-state index contributed by atoms with van der Waals surface area (Å²) in [7, 11) is 8.12. The maximum absolute atomic E-state index is 12.4. The molecule has 0 saturated heterocycles. The molecule has 0 radical (unpaired) electrons. The van der Waals surface area contributed by atoms with E-state index in [1.807, 2.05) is 29.8 Å². The van der Waals surface area contributed by atoms with Gasteiger partial charge in [-0.05, 0) is 30.3 Å². The predicted molar refractivity (Wildman–Crippen MR) is 118 cm³/mol. The number of nitrogens with one attached hydrogen (secondary N) is 1. The molecule has 164 valence electrons. The average molecular weight is 445 g/mol. The van der Waals surface area contributed by atoms with Crippen molar-refractivity contribution in [1.29, 1.82) is 0 Å². The van der Waals surface area contributed by atoms with Gasteiger partial charge in [-0.1, -0.05) is 11.8 Å². The first-order chi connectivity index (χ1) is 15.0. The van der Waals surface area contributed by atoms with Gasteiger partial charge in [-0.2, -0.15) is 0 Å². The first-order valence-corrected chi connectivity index (χ1v) is 10.3. The molecule has 1 N–H and O–H groups in total. The Labute approximate surface area is 184 Å². The number of anilines is 1.